The molecule has 0 aliphatic rings. The monoisotopic (exact) mass is 339 g/mol. The molecule has 5 heteroatoms. The predicted molar refractivity (Wildman–Crippen MR) is 82.0 cm³/mol. The smallest absolute Gasteiger partial charge is 0.126 e. The summed E-state index contributed by atoms with van der Waals surface area (Å²) in [4.78, 5) is 0. The molecule has 20 heavy (non-hydrogen) atoms. The Morgan fingerprint density at radius 3 is 2.65 bits per heavy atom. The minimum atomic E-state index is -0.159. The van der Waals surface area contributed by atoms with Gasteiger partial charge in [-0.2, -0.15) is 5.10 Å². The molecule has 108 valence electrons. The van der Waals surface area contributed by atoms with Crippen LogP contribution in [0.3, 0.4) is 0 Å². The van der Waals surface area contributed by atoms with E-state index in [9.17, 15) is 4.39 Å². The van der Waals surface area contributed by atoms with Crippen LogP contribution in [0.5, 0.6) is 0 Å². The topological polar surface area (TPSA) is 29.9 Å². The fourth-order valence-electron chi connectivity index (χ4n) is 2.12. The molecule has 0 saturated carbocycles. The molecule has 0 spiro atoms. The highest BCUT2D eigenvalue weighted by Gasteiger charge is 2.13. The van der Waals surface area contributed by atoms with Crippen molar-refractivity contribution in [2.24, 2.45) is 7.05 Å². The molecule has 0 fully saturated rings. The summed E-state index contributed by atoms with van der Waals surface area (Å²) in [7, 11) is 1.92. The van der Waals surface area contributed by atoms with Crippen LogP contribution in [0, 0.1) is 19.7 Å². The van der Waals surface area contributed by atoms with Crippen molar-refractivity contribution in [2.75, 3.05) is 0 Å². The van der Waals surface area contributed by atoms with Gasteiger partial charge in [-0.1, -0.05) is 12.1 Å². The predicted octanol–water partition coefficient (Wildman–Crippen LogP) is 3.79. The first-order chi connectivity index (χ1) is 9.40. The van der Waals surface area contributed by atoms with Crippen molar-refractivity contribution in [1.29, 1.82) is 0 Å². The number of hydrogen-bond donors (Lipinski definition) is 1. The van der Waals surface area contributed by atoms with Gasteiger partial charge in [0.05, 0.1) is 15.9 Å². The van der Waals surface area contributed by atoms with Crippen molar-refractivity contribution in [2.45, 2.75) is 33.4 Å². The summed E-state index contributed by atoms with van der Waals surface area (Å²) in [6.07, 6.45) is 0. The Balaban J connectivity index is 2.08. The zero-order chi connectivity index (χ0) is 14.9. The van der Waals surface area contributed by atoms with Crippen molar-refractivity contribution in [3.8, 4) is 0 Å². The maximum atomic E-state index is 13.6. The first kappa shape index (κ1) is 15.2. The molecule has 0 aliphatic carbocycles. The Hall–Kier alpha value is -1.20. The minimum absolute atomic E-state index is 0.0761. The van der Waals surface area contributed by atoms with E-state index in [1.54, 1.807) is 13.0 Å². The average molecular weight is 340 g/mol. The summed E-state index contributed by atoms with van der Waals surface area (Å²) in [5, 5.41) is 7.76. The summed E-state index contributed by atoms with van der Waals surface area (Å²) in [6, 6.07) is 5.44. The highest BCUT2D eigenvalue weighted by atomic mass is 79.9. The third-order valence-corrected chi connectivity index (χ3v) is 4.56. The fraction of sp³-hybridized carbons (Fsp3) is 0.400. The molecule has 1 heterocycles. The molecule has 3 nitrogen and oxygen atoms in total. The minimum Gasteiger partial charge on any atom is -0.305 e. The molecule has 1 aromatic carbocycles. The van der Waals surface area contributed by atoms with E-state index in [0.29, 0.717) is 12.1 Å². The SMILES string of the molecule is Cc1ccc(C(C)NCc2c(Br)c(C)nn2C)cc1F. The highest BCUT2D eigenvalue weighted by Crippen LogP contribution is 2.22. The Morgan fingerprint density at radius 1 is 1.40 bits per heavy atom. The molecule has 1 atom stereocenters. The number of aryl methyl sites for hydroxylation is 3. The van der Waals surface area contributed by atoms with Crippen LogP contribution in [0.1, 0.15) is 35.5 Å². The maximum Gasteiger partial charge on any atom is 0.126 e. The summed E-state index contributed by atoms with van der Waals surface area (Å²) in [5.41, 5.74) is 3.68. The van der Waals surface area contributed by atoms with Crippen molar-refractivity contribution < 1.29 is 4.39 Å². The van der Waals surface area contributed by atoms with E-state index in [4.69, 9.17) is 0 Å². The van der Waals surface area contributed by atoms with E-state index >= 15 is 0 Å². The van der Waals surface area contributed by atoms with Gasteiger partial charge in [0.2, 0.25) is 0 Å². The second-order valence-corrected chi connectivity index (χ2v) is 5.87. The molecule has 2 aromatic rings. The third kappa shape index (κ3) is 3.10. The molecule has 1 N–H and O–H groups in total. The Bertz CT molecular complexity index is 622. The largest absolute Gasteiger partial charge is 0.305 e. The van der Waals surface area contributed by atoms with Gasteiger partial charge < -0.3 is 5.32 Å². The maximum absolute atomic E-state index is 13.6. The zero-order valence-corrected chi connectivity index (χ0v) is 13.8. The standard InChI is InChI=1S/C15H19BrFN3/c1-9-5-6-12(7-13(9)17)10(2)18-8-14-15(16)11(3)19-20(14)4/h5-7,10,18H,8H2,1-4H3. The molecular weight excluding hydrogens is 321 g/mol. The van der Waals surface area contributed by atoms with Crippen LogP contribution in [0.25, 0.3) is 0 Å². The van der Waals surface area contributed by atoms with E-state index < -0.39 is 0 Å². The van der Waals surface area contributed by atoms with Gasteiger partial charge in [0.1, 0.15) is 5.82 Å². The molecule has 0 saturated heterocycles. The molecule has 0 bridgehead atoms. The Kier molecular flexibility index (Phi) is 4.60. The van der Waals surface area contributed by atoms with Crippen LogP contribution < -0.4 is 5.32 Å². The summed E-state index contributed by atoms with van der Waals surface area (Å²) < 4.78 is 16.5. The number of nitrogens with zero attached hydrogens (tertiary/aromatic N) is 2. The van der Waals surface area contributed by atoms with Crippen LogP contribution in [0.4, 0.5) is 4.39 Å². The summed E-state index contributed by atoms with van der Waals surface area (Å²) in [6.45, 7) is 6.44. The molecule has 0 aliphatic heterocycles. The van der Waals surface area contributed by atoms with E-state index in [0.717, 1.165) is 21.4 Å². The van der Waals surface area contributed by atoms with E-state index in [2.05, 4.69) is 26.3 Å². The van der Waals surface area contributed by atoms with Crippen molar-refractivity contribution in [1.82, 2.24) is 15.1 Å². The number of hydrogen-bond acceptors (Lipinski definition) is 2. The van der Waals surface area contributed by atoms with E-state index in [1.165, 1.54) is 0 Å². The van der Waals surface area contributed by atoms with E-state index in [-0.39, 0.29) is 11.9 Å². The van der Waals surface area contributed by atoms with Crippen LogP contribution in [-0.4, -0.2) is 9.78 Å². The quantitative estimate of drug-likeness (QED) is 0.918. The number of rotatable bonds is 4. The van der Waals surface area contributed by atoms with Crippen LogP contribution in [0.2, 0.25) is 0 Å². The molecular formula is C15H19BrFN3. The lowest BCUT2D eigenvalue weighted by molar-refractivity contribution is 0.540. The first-order valence-electron chi connectivity index (χ1n) is 6.57. The molecule has 0 radical (unpaired) electrons. The number of nitrogens with one attached hydrogen (secondary N) is 1. The molecule has 1 aromatic heterocycles. The normalized spacial score (nSPS) is 12.7. The lowest BCUT2D eigenvalue weighted by atomic mass is 10.1. The van der Waals surface area contributed by atoms with Gasteiger partial charge in [0.25, 0.3) is 0 Å². The van der Waals surface area contributed by atoms with Crippen molar-refractivity contribution >= 4 is 15.9 Å². The Morgan fingerprint density at radius 2 is 2.10 bits per heavy atom. The van der Waals surface area contributed by atoms with Gasteiger partial charge in [0, 0.05) is 19.6 Å². The summed E-state index contributed by atoms with van der Waals surface area (Å²) >= 11 is 3.55. The van der Waals surface area contributed by atoms with Gasteiger partial charge in [-0.25, -0.2) is 4.39 Å². The van der Waals surface area contributed by atoms with Gasteiger partial charge in [-0.15, -0.1) is 0 Å². The van der Waals surface area contributed by atoms with Crippen molar-refractivity contribution in [3.63, 3.8) is 0 Å². The van der Waals surface area contributed by atoms with Gasteiger partial charge in [-0.05, 0) is 53.9 Å². The van der Waals surface area contributed by atoms with Crippen LogP contribution in [-0.2, 0) is 13.6 Å². The second kappa shape index (κ2) is 6.06. The van der Waals surface area contributed by atoms with Crippen LogP contribution >= 0.6 is 15.9 Å². The average Bonchev–Trinajstić information content (AvgIpc) is 2.64. The zero-order valence-electron chi connectivity index (χ0n) is 12.2. The fourth-order valence-corrected chi connectivity index (χ4v) is 2.59. The van der Waals surface area contributed by atoms with Gasteiger partial charge in [-0.3, -0.25) is 4.68 Å². The second-order valence-electron chi connectivity index (χ2n) is 5.08. The molecule has 0 amide bonds. The van der Waals surface area contributed by atoms with Crippen LogP contribution in [0.15, 0.2) is 22.7 Å². The van der Waals surface area contributed by atoms with Gasteiger partial charge in [0.15, 0.2) is 0 Å². The molecule has 1 unspecified atom stereocenters. The lowest BCUT2D eigenvalue weighted by Crippen LogP contribution is -2.20. The van der Waals surface area contributed by atoms with Crippen molar-refractivity contribution in [3.05, 3.63) is 51.0 Å². The number of halogens is 2. The lowest BCUT2D eigenvalue weighted by Gasteiger charge is -2.15. The third-order valence-electron chi connectivity index (χ3n) is 3.53. The number of aromatic nitrogens is 2. The first-order valence-corrected chi connectivity index (χ1v) is 7.37. The summed E-state index contributed by atoms with van der Waals surface area (Å²) in [5.74, 6) is -0.159. The highest BCUT2D eigenvalue weighted by molar-refractivity contribution is 9.10. The number of benzene rings is 1. The van der Waals surface area contributed by atoms with Gasteiger partial charge >= 0.3 is 0 Å². The molecule has 2 rings (SSSR count). The Labute approximate surface area is 127 Å². The van der Waals surface area contributed by atoms with E-state index in [1.807, 2.05) is 37.7 Å².